The first-order valence-electron chi connectivity index (χ1n) is 8.71. The Balaban J connectivity index is 1.76. The van der Waals surface area contributed by atoms with E-state index < -0.39 is 15.4 Å². The molecule has 2 aromatic rings. The molecule has 3 rings (SSSR count). The van der Waals surface area contributed by atoms with Gasteiger partial charge in [-0.2, -0.15) is 0 Å². The van der Waals surface area contributed by atoms with Gasteiger partial charge >= 0.3 is 0 Å². The first-order chi connectivity index (χ1) is 12.4. The molecule has 0 bridgehead atoms. The van der Waals surface area contributed by atoms with Crippen LogP contribution in [0.5, 0.6) is 0 Å². The maximum absolute atomic E-state index is 11.9. The lowest BCUT2D eigenvalue weighted by atomic mass is 10.0. The number of thiocarbonyl (C=S) groups is 1. The van der Waals surface area contributed by atoms with E-state index in [0.717, 1.165) is 11.1 Å². The predicted octanol–water partition coefficient (Wildman–Crippen LogP) is 3.14. The van der Waals surface area contributed by atoms with Crippen molar-refractivity contribution in [2.75, 3.05) is 11.5 Å². The van der Waals surface area contributed by atoms with Crippen molar-refractivity contribution in [3.05, 3.63) is 71.8 Å². The smallest absolute Gasteiger partial charge is 0.169 e. The molecule has 0 aromatic heterocycles. The van der Waals surface area contributed by atoms with Gasteiger partial charge < -0.3 is 10.2 Å². The minimum Gasteiger partial charge on any atom is -0.356 e. The summed E-state index contributed by atoms with van der Waals surface area (Å²) >= 11 is 5.68. The minimum absolute atomic E-state index is 0.130. The fourth-order valence-corrected chi connectivity index (χ4v) is 5.72. The second kappa shape index (κ2) is 7.76. The van der Waals surface area contributed by atoms with Gasteiger partial charge in [-0.05, 0) is 36.7 Å². The third-order valence-electron chi connectivity index (χ3n) is 4.63. The second-order valence-electron chi connectivity index (χ2n) is 7.16. The Morgan fingerprint density at radius 3 is 1.96 bits per heavy atom. The highest BCUT2D eigenvalue weighted by molar-refractivity contribution is 7.91. The van der Waals surface area contributed by atoms with Gasteiger partial charge in [0.15, 0.2) is 14.9 Å². The van der Waals surface area contributed by atoms with Gasteiger partial charge in [0.2, 0.25) is 0 Å². The van der Waals surface area contributed by atoms with Crippen molar-refractivity contribution in [2.24, 2.45) is 0 Å². The number of sulfone groups is 1. The minimum atomic E-state index is -2.98. The van der Waals surface area contributed by atoms with Crippen LogP contribution in [0, 0.1) is 0 Å². The summed E-state index contributed by atoms with van der Waals surface area (Å²) in [6.07, 6.45) is 0.583. The van der Waals surface area contributed by atoms with Crippen LogP contribution in [0.2, 0.25) is 0 Å². The number of hydrogen-bond acceptors (Lipinski definition) is 3. The zero-order valence-corrected chi connectivity index (χ0v) is 16.5. The van der Waals surface area contributed by atoms with Gasteiger partial charge in [-0.3, -0.25) is 0 Å². The molecular weight excluding hydrogens is 364 g/mol. The third-order valence-corrected chi connectivity index (χ3v) is 6.90. The Labute approximate surface area is 161 Å². The molecule has 1 N–H and O–H groups in total. The van der Waals surface area contributed by atoms with Gasteiger partial charge in [0.25, 0.3) is 0 Å². The summed E-state index contributed by atoms with van der Waals surface area (Å²) in [6.45, 7) is 3.28. The molecule has 4 nitrogen and oxygen atoms in total. The lowest BCUT2D eigenvalue weighted by Crippen LogP contribution is -2.51. The first kappa shape index (κ1) is 18.9. The topological polar surface area (TPSA) is 49.4 Å². The van der Waals surface area contributed by atoms with Gasteiger partial charge in [-0.15, -0.1) is 0 Å². The maximum atomic E-state index is 11.9. The number of benzene rings is 2. The van der Waals surface area contributed by atoms with Crippen molar-refractivity contribution in [3.8, 4) is 0 Å². The van der Waals surface area contributed by atoms with Gasteiger partial charge in [0, 0.05) is 13.1 Å². The molecule has 1 heterocycles. The van der Waals surface area contributed by atoms with Crippen LogP contribution in [-0.2, 0) is 22.9 Å². The Hall–Kier alpha value is -1.92. The molecule has 6 heteroatoms. The molecule has 0 aliphatic carbocycles. The number of rotatable bonds is 5. The van der Waals surface area contributed by atoms with Crippen LogP contribution in [-0.4, -0.2) is 35.5 Å². The molecule has 2 aromatic carbocycles. The van der Waals surface area contributed by atoms with Gasteiger partial charge in [0.1, 0.15) is 0 Å². The Bertz CT molecular complexity index is 812. The molecule has 1 saturated heterocycles. The summed E-state index contributed by atoms with van der Waals surface area (Å²) in [7, 11) is -2.98. The summed E-state index contributed by atoms with van der Waals surface area (Å²) < 4.78 is 23.8. The van der Waals surface area contributed by atoms with E-state index in [1.165, 1.54) is 0 Å². The fraction of sp³-hybridized carbons (Fsp3) is 0.350. The van der Waals surface area contributed by atoms with Crippen LogP contribution in [0.15, 0.2) is 60.7 Å². The van der Waals surface area contributed by atoms with Gasteiger partial charge in [-0.1, -0.05) is 60.7 Å². The molecule has 1 atom stereocenters. The van der Waals surface area contributed by atoms with Crippen molar-refractivity contribution in [2.45, 2.75) is 32.0 Å². The molecule has 26 heavy (non-hydrogen) atoms. The quantitative estimate of drug-likeness (QED) is 0.798. The molecule has 1 unspecified atom stereocenters. The van der Waals surface area contributed by atoms with E-state index in [1.807, 2.05) is 43.3 Å². The molecule has 0 saturated carbocycles. The predicted molar refractivity (Wildman–Crippen MR) is 110 cm³/mol. The summed E-state index contributed by atoms with van der Waals surface area (Å²) in [6, 6.07) is 20.3. The fourth-order valence-electron chi connectivity index (χ4n) is 3.25. The summed E-state index contributed by atoms with van der Waals surface area (Å²) in [5.74, 6) is 0.348. The average Bonchev–Trinajstić information content (AvgIpc) is 2.89. The molecule has 1 fully saturated rings. The van der Waals surface area contributed by atoms with Crippen LogP contribution in [0.4, 0.5) is 0 Å². The van der Waals surface area contributed by atoms with Crippen LogP contribution < -0.4 is 5.32 Å². The number of hydrogen-bond donors (Lipinski definition) is 1. The largest absolute Gasteiger partial charge is 0.356 e. The van der Waals surface area contributed by atoms with Crippen LogP contribution in [0.1, 0.15) is 24.5 Å². The number of nitrogens with one attached hydrogen (secondary N) is 1. The molecule has 1 aliphatic rings. The Morgan fingerprint density at radius 2 is 1.54 bits per heavy atom. The SMILES string of the molecule is CC1(NC(=S)N(Cc2ccccc2)Cc2ccccc2)CCS(=O)(=O)C1. The number of nitrogens with zero attached hydrogens (tertiary/aromatic N) is 1. The van der Waals surface area contributed by atoms with Crippen molar-refractivity contribution in [3.63, 3.8) is 0 Å². The third kappa shape index (κ3) is 5.05. The Kier molecular flexibility index (Phi) is 5.63. The van der Waals surface area contributed by atoms with Crippen LogP contribution in [0.25, 0.3) is 0 Å². The highest BCUT2D eigenvalue weighted by atomic mass is 32.2. The van der Waals surface area contributed by atoms with Crippen molar-refractivity contribution >= 4 is 27.2 Å². The zero-order chi connectivity index (χ0) is 18.6. The van der Waals surface area contributed by atoms with Crippen LogP contribution >= 0.6 is 12.2 Å². The average molecular weight is 389 g/mol. The van der Waals surface area contributed by atoms with Gasteiger partial charge in [-0.25, -0.2) is 8.42 Å². The molecular formula is C20H24N2O2S2. The zero-order valence-electron chi connectivity index (χ0n) is 14.9. The van der Waals surface area contributed by atoms with E-state index in [4.69, 9.17) is 12.2 Å². The molecule has 1 aliphatic heterocycles. The first-order valence-corrected chi connectivity index (χ1v) is 10.9. The van der Waals surface area contributed by atoms with E-state index >= 15 is 0 Å². The highest BCUT2D eigenvalue weighted by Gasteiger charge is 2.39. The molecule has 138 valence electrons. The highest BCUT2D eigenvalue weighted by Crippen LogP contribution is 2.23. The van der Waals surface area contributed by atoms with E-state index in [9.17, 15) is 8.42 Å². The van der Waals surface area contributed by atoms with Gasteiger partial charge in [0.05, 0.1) is 17.0 Å². The van der Waals surface area contributed by atoms with E-state index in [-0.39, 0.29) is 11.5 Å². The van der Waals surface area contributed by atoms with Crippen molar-refractivity contribution < 1.29 is 8.42 Å². The van der Waals surface area contributed by atoms with Crippen LogP contribution in [0.3, 0.4) is 0 Å². The molecule has 0 amide bonds. The van der Waals surface area contributed by atoms with Crippen molar-refractivity contribution in [1.29, 1.82) is 0 Å². The lowest BCUT2D eigenvalue weighted by molar-refractivity contribution is 0.369. The summed E-state index contributed by atoms with van der Waals surface area (Å²) in [5, 5.41) is 3.92. The van der Waals surface area contributed by atoms with E-state index in [1.54, 1.807) is 0 Å². The molecule has 0 radical (unpaired) electrons. The lowest BCUT2D eigenvalue weighted by Gasteiger charge is -2.32. The summed E-state index contributed by atoms with van der Waals surface area (Å²) in [4.78, 5) is 2.09. The summed E-state index contributed by atoms with van der Waals surface area (Å²) in [5.41, 5.74) is 1.83. The second-order valence-corrected chi connectivity index (χ2v) is 9.73. The van der Waals surface area contributed by atoms with E-state index in [2.05, 4.69) is 34.5 Å². The van der Waals surface area contributed by atoms with Crippen molar-refractivity contribution in [1.82, 2.24) is 10.2 Å². The van der Waals surface area contributed by atoms with E-state index in [0.29, 0.717) is 24.6 Å². The maximum Gasteiger partial charge on any atom is 0.169 e. The Morgan fingerprint density at radius 1 is 1.04 bits per heavy atom. The standard InChI is InChI=1S/C20H24N2O2S2/c1-20(12-13-26(23,24)16-20)21-19(25)22(14-17-8-4-2-5-9-17)15-18-10-6-3-7-11-18/h2-11H,12-16H2,1H3,(H,21,25). The normalized spacial score (nSPS) is 21.3. The molecule has 0 spiro atoms. The monoisotopic (exact) mass is 388 g/mol.